The number of aliphatic hydroxyl groups is 1. The Morgan fingerprint density at radius 2 is 1.95 bits per heavy atom. The van der Waals surface area contributed by atoms with Gasteiger partial charge in [0.2, 0.25) is 0 Å². The number of fused-ring (bicyclic) bond motifs is 4. The first kappa shape index (κ1) is 27.7. The highest BCUT2D eigenvalue weighted by atomic mass is 16.6. The van der Waals surface area contributed by atoms with Gasteiger partial charge in [-0.3, -0.25) is 4.79 Å². The second-order valence-electron chi connectivity index (χ2n) is 13.6. The quantitative estimate of drug-likeness (QED) is 0.317. The number of esters is 2. The van der Waals surface area contributed by atoms with Crippen LogP contribution < -0.4 is 0 Å². The van der Waals surface area contributed by atoms with E-state index in [0.717, 1.165) is 17.6 Å². The smallest absolute Gasteiger partial charge is 0.330 e. The number of hydrogen-bond donors (Lipinski definition) is 1. The summed E-state index contributed by atoms with van der Waals surface area (Å²) in [7, 11) is 1.42. The molecule has 1 aromatic heterocycles. The lowest BCUT2D eigenvalue weighted by molar-refractivity contribution is -0.248. The summed E-state index contributed by atoms with van der Waals surface area (Å²) in [5.41, 5.74) is 2.57. The summed E-state index contributed by atoms with van der Waals surface area (Å²) in [6, 6.07) is 2.01. The van der Waals surface area contributed by atoms with Crippen LogP contribution in [0.3, 0.4) is 0 Å². The van der Waals surface area contributed by atoms with E-state index in [1.807, 2.05) is 19.9 Å². The van der Waals surface area contributed by atoms with E-state index in [1.54, 1.807) is 12.5 Å². The van der Waals surface area contributed by atoms with Crippen LogP contribution in [-0.4, -0.2) is 61.3 Å². The van der Waals surface area contributed by atoms with Gasteiger partial charge in [-0.2, -0.15) is 0 Å². The van der Waals surface area contributed by atoms with E-state index >= 15 is 0 Å². The molecule has 0 bridgehead atoms. The summed E-state index contributed by atoms with van der Waals surface area (Å²) in [6.07, 6.45) is 4.13. The third-order valence-electron chi connectivity index (χ3n) is 11.4. The molecule has 1 aromatic rings. The predicted octanol–water partition coefficient (Wildman–Crippen LogP) is 4.72. The third kappa shape index (κ3) is 3.61. The van der Waals surface area contributed by atoms with E-state index in [-0.39, 0.29) is 54.9 Å². The van der Waals surface area contributed by atoms with Crippen molar-refractivity contribution in [2.75, 3.05) is 13.7 Å². The molecule has 0 radical (unpaired) electrons. The number of ether oxygens (including phenoxy) is 4. The lowest BCUT2D eigenvalue weighted by atomic mass is 9.40. The number of carbonyl (C=O) groups is 2. The minimum atomic E-state index is -0.726. The lowest BCUT2D eigenvalue weighted by Gasteiger charge is -2.65. The normalized spacial score (nSPS) is 45.0. The molecular weight excluding hydrogens is 512 g/mol. The second-order valence-corrected chi connectivity index (χ2v) is 13.6. The third-order valence-corrected chi connectivity index (χ3v) is 11.4. The van der Waals surface area contributed by atoms with Crippen LogP contribution >= 0.6 is 0 Å². The summed E-state index contributed by atoms with van der Waals surface area (Å²) < 4.78 is 30.4. The Morgan fingerprint density at radius 3 is 2.60 bits per heavy atom. The summed E-state index contributed by atoms with van der Waals surface area (Å²) >= 11 is 0. The van der Waals surface area contributed by atoms with Crippen LogP contribution in [0.5, 0.6) is 0 Å². The van der Waals surface area contributed by atoms with Crippen molar-refractivity contribution in [3.63, 3.8) is 0 Å². The molecule has 11 atom stereocenters. The molecule has 2 saturated heterocycles. The SMILES string of the molecule is COC(=O)C[C@H]1[C@]2(C)C3=C(C)[C@H](c4ccoc4)C[C@H]3O[C@@H]2[C@@H]2OC[C@@]3(C)C2[C@]1(C)[C@@H](OC(=O)C=C(C)C)C[C@H]3O. The largest absolute Gasteiger partial charge is 0.472 e. The van der Waals surface area contributed by atoms with Crippen LogP contribution in [0, 0.1) is 28.1 Å². The maximum atomic E-state index is 13.2. The molecule has 40 heavy (non-hydrogen) atoms. The Labute approximate surface area is 236 Å². The van der Waals surface area contributed by atoms with Gasteiger partial charge in [-0.15, -0.1) is 0 Å². The monoisotopic (exact) mass is 554 g/mol. The van der Waals surface area contributed by atoms with Gasteiger partial charge in [0.05, 0.1) is 50.7 Å². The van der Waals surface area contributed by atoms with Crippen molar-refractivity contribution >= 4 is 11.9 Å². The van der Waals surface area contributed by atoms with E-state index in [0.29, 0.717) is 6.61 Å². The summed E-state index contributed by atoms with van der Waals surface area (Å²) in [5.74, 6) is -1.05. The number of methoxy groups -OCH3 is 1. The predicted molar refractivity (Wildman–Crippen MR) is 145 cm³/mol. The van der Waals surface area contributed by atoms with Crippen molar-refractivity contribution in [3.05, 3.63) is 47.0 Å². The number of aliphatic hydroxyl groups excluding tert-OH is 1. The van der Waals surface area contributed by atoms with Gasteiger partial charge in [-0.05, 0) is 50.3 Å². The molecule has 1 N–H and O–H groups in total. The molecule has 218 valence electrons. The van der Waals surface area contributed by atoms with E-state index < -0.39 is 34.4 Å². The molecular formula is C32H42O8. The fourth-order valence-corrected chi connectivity index (χ4v) is 9.73. The topological polar surface area (TPSA) is 104 Å². The molecule has 4 fully saturated rings. The maximum Gasteiger partial charge on any atom is 0.330 e. The van der Waals surface area contributed by atoms with Gasteiger partial charge in [-0.1, -0.05) is 31.9 Å². The molecule has 0 amide bonds. The summed E-state index contributed by atoms with van der Waals surface area (Å²) in [4.78, 5) is 26.2. The number of rotatable bonds is 5. The molecule has 0 spiro atoms. The highest BCUT2D eigenvalue weighted by molar-refractivity contribution is 5.82. The first-order chi connectivity index (χ1) is 18.9. The Bertz CT molecular complexity index is 1260. The maximum absolute atomic E-state index is 13.2. The van der Waals surface area contributed by atoms with Crippen LogP contribution in [0.25, 0.3) is 0 Å². The van der Waals surface area contributed by atoms with Gasteiger partial charge in [0.25, 0.3) is 0 Å². The van der Waals surface area contributed by atoms with Crippen LogP contribution in [0.4, 0.5) is 0 Å². The van der Waals surface area contributed by atoms with Crippen molar-refractivity contribution in [2.24, 2.45) is 28.1 Å². The molecule has 5 aliphatic rings. The minimum Gasteiger partial charge on any atom is -0.472 e. The Hall–Kier alpha value is -2.42. The Morgan fingerprint density at radius 1 is 1.20 bits per heavy atom. The molecule has 3 heterocycles. The Balaban J connectivity index is 1.53. The van der Waals surface area contributed by atoms with E-state index in [1.165, 1.54) is 24.3 Å². The fourth-order valence-electron chi connectivity index (χ4n) is 9.73. The Kier molecular flexibility index (Phi) is 6.45. The highest BCUT2D eigenvalue weighted by Gasteiger charge is 2.78. The van der Waals surface area contributed by atoms with Crippen LogP contribution in [0.2, 0.25) is 0 Å². The van der Waals surface area contributed by atoms with Crippen molar-refractivity contribution in [1.29, 1.82) is 0 Å². The molecule has 6 rings (SSSR count). The zero-order valence-electron chi connectivity index (χ0n) is 24.6. The number of carbonyl (C=O) groups excluding carboxylic acids is 2. The van der Waals surface area contributed by atoms with Crippen LogP contribution in [0.15, 0.2) is 45.8 Å². The molecule has 2 aliphatic heterocycles. The average Bonchev–Trinajstić information content (AvgIpc) is 3.65. The van der Waals surface area contributed by atoms with Crippen LogP contribution in [-0.2, 0) is 28.5 Å². The van der Waals surface area contributed by atoms with Gasteiger partial charge in [-0.25, -0.2) is 4.79 Å². The lowest BCUT2D eigenvalue weighted by Crippen LogP contribution is -2.70. The molecule has 0 aromatic carbocycles. The number of hydrogen-bond acceptors (Lipinski definition) is 8. The first-order valence-corrected chi connectivity index (χ1v) is 14.5. The average molecular weight is 555 g/mol. The van der Waals surface area contributed by atoms with Crippen molar-refractivity contribution in [2.45, 2.75) is 97.2 Å². The van der Waals surface area contributed by atoms with Crippen molar-refractivity contribution < 1.29 is 38.1 Å². The van der Waals surface area contributed by atoms with Crippen molar-refractivity contribution in [1.82, 2.24) is 0 Å². The van der Waals surface area contributed by atoms with Gasteiger partial charge in [0.1, 0.15) is 6.10 Å². The molecule has 8 nitrogen and oxygen atoms in total. The van der Waals surface area contributed by atoms with Crippen molar-refractivity contribution in [3.8, 4) is 0 Å². The van der Waals surface area contributed by atoms with E-state index in [9.17, 15) is 14.7 Å². The van der Waals surface area contributed by atoms with Gasteiger partial charge in [0, 0.05) is 47.0 Å². The van der Waals surface area contributed by atoms with Gasteiger partial charge >= 0.3 is 11.9 Å². The zero-order chi connectivity index (χ0) is 28.8. The zero-order valence-corrected chi connectivity index (χ0v) is 24.6. The van der Waals surface area contributed by atoms with E-state index in [4.69, 9.17) is 23.4 Å². The van der Waals surface area contributed by atoms with Gasteiger partial charge < -0.3 is 28.5 Å². The number of allylic oxidation sites excluding steroid dienone is 2. The summed E-state index contributed by atoms with van der Waals surface area (Å²) in [6.45, 7) is 12.7. The summed E-state index contributed by atoms with van der Waals surface area (Å²) in [5, 5.41) is 11.5. The van der Waals surface area contributed by atoms with Crippen LogP contribution in [0.1, 0.15) is 72.3 Å². The molecule has 1 unspecified atom stereocenters. The first-order valence-electron chi connectivity index (χ1n) is 14.5. The van der Waals surface area contributed by atoms with Gasteiger partial charge in [0.15, 0.2) is 0 Å². The highest BCUT2D eigenvalue weighted by Crippen LogP contribution is 2.73. The number of furan rings is 1. The molecule has 8 heteroatoms. The van der Waals surface area contributed by atoms with E-state index in [2.05, 4.69) is 27.7 Å². The molecule has 3 aliphatic carbocycles. The standard InChI is InChI=1S/C32H42O8/c1-16(2)10-25(35)40-23-13-22(33)30(4)15-38-27-28(30)31(23,5)21(12-24(34)36-7)32(6)26-17(3)19(18-8-9-37-14-18)11-20(26)39-29(27)32/h8-10,14,19-23,27-29,33H,11-13,15H2,1-7H3/t19-,20-,21-,22-,23+,27-,28?,29-,30-,31+,32-/m1/s1. The fraction of sp³-hybridized carbons (Fsp3) is 0.688. The second kappa shape index (κ2) is 9.30. The minimum absolute atomic E-state index is 0.120. The molecule has 2 saturated carbocycles.